The average molecular weight is 208 g/mol. The fourth-order valence-corrected chi connectivity index (χ4v) is 1.57. The van der Waals surface area contributed by atoms with Crippen molar-refractivity contribution in [1.82, 2.24) is 9.97 Å². The third-order valence-corrected chi connectivity index (χ3v) is 2.54. The van der Waals surface area contributed by atoms with Gasteiger partial charge in [-0.1, -0.05) is 0 Å². The SMILES string of the molecule is CCN(CC)c1ncc(C(C)N)c(C)n1. The molecule has 1 heterocycles. The van der Waals surface area contributed by atoms with E-state index in [1.54, 1.807) is 0 Å². The first-order valence-corrected chi connectivity index (χ1v) is 5.44. The zero-order valence-electron chi connectivity index (χ0n) is 9.99. The summed E-state index contributed by atoms with van der Waals surface area (Å²) in [6.07, 6.45) is 1.83. The van der Waals surface area contributed by atoms with E-state index in [4.69, 9.17) is 5.73 Å². The van der Waals surface area contributed by atoms with Gasteiger partial charge in [0.1, 0.15) is 0 Å². The Balaban J connectivity index is 3.00. The van der Waals surface area contributed by atoms with E-state index in [1.165, 1.54) is 0 Å². The molecule has 1 aromatic heterocycles. The fraction of sp³-hybridized carbons (Fsp3) is 0.636. The summed E-state index contributed by atoms with van der Waals surface area (Å²) in [6.45, 7) is 9.97. The normalized spacial score (nSPS) is 12.6. The summed E-state index contributed by atoms with van der Waals surface area (Å²) >= 11 is 0. The third-order valence-electron chi connectivity index (χ3n) is 2.54. The quantitative estimate of drug-likeness (QED) is 0.817. The van der Waals surface area contributed by atoms with Crippen molar-refractivity contribution >= 4 is 5.95 Å². The molecule has 1 unspecified atom stereocenters. The number of aryl methyl sites for hydroxylation is 1. The van der Waals surface area contributed by atoms with Gasteiger partial charge in [-0.15, -0.1) is 0 Å². The second-order valence-corrected chi connectivity index (χ2v) is 3.67. The molecule has 4 nitrogen and oxygen atoms in total. The lowest BCUT2D eigenvalue weighted by Gasteiger charge is -2.19. The van der Waals surface area contributed by atoms with Crippen LogP contribution < -0.4 is 10.6 Å². The molecular formula is C11H20N4. The lowest BCUT2D eigenvalue weighted by atomic mass is 10.1. The first-order valence-electron chi connectivity index (χ1n) is 5.44. The molecule has 0 fully saturated rings. The van der Waals surface area contributed by atoms with Gasteiger partial charge < -0.3 is 10.6 Å². The molecule has 2 N–H and O–H groups in total. The molecule has 0 aliphatic carbocycles. The Labute approximate surface area is 91.5 Å². The second kappa shape index (κ2) is 5.07. The minimum Gasteiger partial charge on any atom is -0.341 e. The first-order chi connectivity index (χ1) is 7.10. The number of anilines is 1. The number of nitrogens with zero attached hydrogens (tertiary/aromatic N) is 3. The van der Waals surface area contributed by atoms with Gasteiger partial charge in [0.15, 0.2) is 0 Å². The van der Waals surface area contributed by atoms with Gasteiger partial charge in [0.2, 0.25) is 5.95 Å². The Kier molecular flexibility index (Phi) is 4.03. The monoisotopic (exact) mass is 208 g/mol. The summed E-state index contributed by atoms with van der Waals surface area (Å²) in [4.78, 5) is 10.9. The minimum atomic E-state index is -0.00393. The molecule has 0 saturated carbocycles. The molecule has 1 atom stereocenters. The maximum Gasteiger partial charge on any atom is 0.225 e. The number of rotatable bonds is 4. The van der Waals surface area contributed by atoms with Gasteiger partial charge in [-0.3, -0.25) is 0 Å². The van der Waals surface area contributed by atoms with E-state index >= 15 is 0 Å². The summed E-state index contributed by atoms with van der Waals surface area (Å²) in [5.74, 6) is 0.793. The van der Waals surface area contributed by atoms with Crippen LogP contribution in [0, 0.1) is 6.92 Å². The first kappa shape index (κ1) is 11.9. The molecule has 1 aromatic rings. The zero-order valence-corrected chi connectivity index (χ0v) is 9.99. The van der Waals surface area contributed by atoms with Gasteiger partial charge in [0, 0.05) is 36.6 Å². The summed E-state index contributed by atoms with van der Waals surface area (Å²) < 4.78 is 0. The minimum absolute atomic E-state index is 0.00393. The highest BCUT2D eigenvalue weighted by atomic mass is 15.2. The topological polar surface area (TPSA) is 55.0 Å². The highest BCUT2D eigenvalue weighted by molar-refractivity contribution is 5.33. The van der Waals surface area contributed by atoms with E-state index in [0.29, 0.717) is 0 Å². The van der Waals surface area contributed by atoms with Crippen LogP contribution in [-0.2, 0) is 0 Å². The van der Waals surface area contributed by atoms with Crippen molar-refractivity contribution in [2.45, 2.75) is 33.7 Å². The summed E-state index contributed by atoms with van der Waals surface area (Å²) in [6, 6.07) is -0.00393. The Hall–Kier alpha value is -1.16. The number of hydrogen-bond acceptors (Lipinski definition) is 4. The molecular weight excluding hydrogens is 188 g/mol. The lowest BCUT2D eigenvalue weighted by Crippen LogP contribution is -2.25. The van der Waals surface area contributed by atoms with Crippen molar-refractivity contribution in [3.05, 3.63) is 17.5 Å². The largest absolute Gasteiger partial charge is 0.341 e. The summed E-state index contributed by atoms with van der Waals surface area (Å²) in [5.41, 5.74) is 7.81. The van der Waals surface area contributed by atoms with Gasteiger partial charge >= 0.3 is 0 Å². The second-order valence-electron chi connectivity index (χ2n) is 3.67. The van der Waals surface area contributed by atoms with Crippen LogP contribution in [0.1, 0.15) is 38.1 Å². The van der Waals surface area contributed by atoms with Crippen molar-refractivity contribution in [2.75, 3.05) is 18.0 Å². The van der Waals surface area contributed by atoms with E-state index in [-0.39, 0.29) is 6.04 Å². The van der Waals surface area contributed by atoms with Crippen molar-refractivity contribution in [2.24, 2.45) is 5.73 Å². The van der Waals surface area contributed by atoms with Gasteiger partial charge in [-0.2, -0.15) is 0 Å². The maximum atomic E-state index is 5.81. The van der Waals surface area contributed by atoms with Gasteiger partial charge in [0.05, 0.1) is 0 Å². The predicted octanol–water partition coefficient (Wildman–Crippen LogP) is 1.65. The van der Waals surface area contributed by atoms with Gasteiger partial charge in [-0.05, 0) is 27.7 Å². The Morgan fingerprint density at radius 2 is 2.00 bits per heavy atom. The zero-order chi connectivity index (χ0) is 11.4. The van der Waals surface area contributed by atoms with E-state index in [2.05, 4.69) is 28.7 Å². The number of nitrogens with two attached hydrogens (primary N) is 1. The Morgan fingerprint density at radius 1 is 1.40 bits per heavy atom. The molecule has 0 saturated heterocycles. The smallest absolute Gasteiger partial charge is 0.225 e. The molecule has 4 heteroatoms. The van der Waals surface area contributed by atoms with E-state index in [0.717, 1.165) is 30.3 Å². The highest BCUT2D eigenvalue weighted by Crippen LogP contribution is 2.15. The highest BCUT2D eigenvalue weighted by Gasteiger charge is 2.10. The molecule has 0 amide bonds. The molecule has 0 aromatic carbocycles. The van der Waals surface area contributed by atoms with E-state index in [9.17, 15) is 0 Å². The van der Waals surface area contributed by atoms with E-state index in [1.807, 2.05) is 20.0 Å². The van der Waals surface area contributed by atoms with Crippen molar-refractivity contribution < 1.29 is 0 Å². The Bertz CT molecular complexity index is 318. The van der Waals surface area contributed by atoms with Crippen molar-refractivity contribution in [3.8, 4) is 0 Å². The summed E-state index contributed by atoms with van der Waals surface area (Å²) in [5, 5.41) is 0. The molecule has 0 spiro atoms. The molecule has 84 valence electrons. The third kappa shape index (κ3) is 2.65. The van der Waals surface area contributed by atoms with Crippen LogP contribution in [0.15, 0.2) is 6.20 Å². The van der Waals surface area contributed by atoms with Crippen molar-refractivity contribution in [1.29, 1.82) is 0 Å². The lowest BCUT2D eigenvalue weighted by molar-refractivity contribution is 0.767. The van der Waals surface area contributed by atoms with E-state index < -0.39 is 0 Å². The van der Waals surface area contributed by atoms with Crippen molar-refractivity contribution in [3.63, 3.8) is 0 Å². The van der Waals surface area contributed by atoms with Crippen LogP contribution in [0.4, 0.5) is 5.95 Å². The standard InChI is InChI=1S/C11H20N4/c1-5-15(6-2)11-13-7-10(8(3)12)9(4)14-11/h7-8H,5-6,12H2,1-4H3. The average Bonchev–Trinajstić information content (AvgIpc) is 2.19. The van der Waals surface area contributed by atoms with Crippen LogP contribution in [0.3, 0.4) is 0 Å². The van der Waals surface area contributed by atoms with Gasteiger partial charge in [0.25, 0.3) is 0 Å². The molecule has 0 aliphatic rings. The molecule has 0 bridgehead atoms. The molecule has 1 rings (SSSR count). The van der Waals surface area contributed by atoms with Crippen LogP contribution in [0.25, 0.3) is 0 Å². The van der Waals surface area contributed by atoms with Crippen LogP contribution in [0.5, 0.6) is 0 Å². The number of hydrogen-bond donors (Lipinski definition) is 1. The predicted molar refractivity (Wildman–Crippen MR) is 62.9 cm³/mol. The van der Waals surface area contributed by atoms with Crippen LogP contribution >= 0.6 is 0 Å². The molecule has 0 aliphatic heterocycles. The molecule has 15 heavy (non-hydrogen) atoms. The van der Waals surface area contributed by atoms with Crippen LogP contribution in [-0.4, -0.2) is 23.1 Å². The fourth-order valence-electron chi connectivity index (χ4n) is 1.57. The Morgan fingerprint density at radius 3 is 2.40 bits per heavy atom. The number of aromatic nitrogens is 2. The summed E-state index contributed by atoms with van der Waals surface area (Å²) in [7, 11) is 0. The van der Waals surface area contributed by atoms with Gasteiger partial charge in [-0.25, -0.2) is 9.97 Å². The maximum absolute atomic E-state index is 5.81. The molecule has 0 radical (unpaired) electrons. The van der Waals surface area contributed by atoms with Crippen LogP contribution in [0.2, 0.25) is 0 Å².